The number of benzene rings is 1. The first-order valence-corrected chi connectivity index (χ1v) is 6.33. The number of fused-ring (bicyclic) bond motifs is 1. The molecule has 1 aliphatic heterocycles. The first kappa shape index (κ1) is 11.7. The molecule has 4 nitrogen and oxygen atoms in total. The van der Waals surface area contributed by atoms with Gasteiger partial charge in [-0.3, -0.25) is 0 Å². The summed E-state index contributed by atoms with van der Waals surface area (Å²) in [6, 6.07) is 7.81. The number of nitrogens with zero attached hydrogens (tertiary/aromatic N) is 3. The van der Waals surface area contributed by atoms with E-state index in [1.165, 1.54) is 0 Å². The Morgan fingerprint density at radius 3 is 2.67 bits per heavy atom. The average Bonchev–Trinajstić information content (AvgIpc) is 2.70. The lowest BCUT2D eigenvalue weighted by Gasteiger charge is -2.20. The van der Waals surface area contributed by atoms with Crippen molar-refractivity contribution in [1.82, 2.24) is 10.2 Å². The molecule has 0 bridgehead atoms. The highest BCUT2D eigenvalue weighted by atomic mass is 35.5. The van der Waals surface area contributed by atoms with Crippen LogP contribution in [0.3, 0.4) is 0 Å². The van der Waals surface area contributed by atoms with Crippen LogP contribution in [-0.4, -0.2) is 34.0 Å². The number of β-amino-alcohol motifs (C(OH)–C–C–N with tert-alkyl or cyclic N) is 1. The summed E-state index contributed by atoms with van der Waals surface area (Å²) in [6.45, 7) is 3.21. The minimum Gasteiger partial charge on any atom is -0.388 e. The van der Waals surface area contributed by atoms with E-state index in [1.807, 2.05) is 31.2 Å². The molecule has 0 saturated carbocycles. The summed E-state index contributed by atoms with van der Waals surface area (Å²) in [5.74, 6) is 0.799. The van der Waals surface area contributed by atoms with Gasteiger partial charge in [-0.2, -0.15) is 0 Å². The van der Waals surface area contributed by atoms with Crippen LogP contribution in [0, 0.1) is 0 Å². The van der Waals surface area contributed by atoms with Gasteiger partial charge in [0, 0.05) is 23.9 Å². The van der Waals surface area contributed by atoms with Crippen LogP contribution in [0.25, 0.3) is 10.8 Å². The summed E-state index contributed by atoms with van der Waals surface area (Å²) < 4.78 is 0. The third-order valence-corrected chi connectivity index (χ3v) is 3.65. The van der Waals surface area contributed by atoms with Crippen LogP contribution in [0.5, 0.6) is 0 Å². The molecule has 1 aromatic carbocycles. The molecule has 1 aromatic heterocycles. The van der Waals surface area contributed by atoms with Crippen LogP contribution in [0.15, 0.2) is 24.3 Å². The number of aromatic nitrogens is 2. The third-order valence-electron chi connectivity index (χ3n) is 3.37. The Hall–Kier alpha value is -1.39. The Morgan fingerprint density at radius 1 is 1.28 bits per heavy atom. The second-order valence-electron chi connectivity index (χ2n) is 5.03. The van der Waals surface area contributed by atoms with Crippen molar-refractivity contribution in [3.05, 3.63) is 29.4 Å². The summed E-state index contributed by atoms with van der Waals surface area (Å²) in [5, 5.41) is 20.5. The number of hydrogen-bond donors (Lipinski definition) is 1. The lowest BCUT2D eigenvalue weighted by Crippen LogP contribution is -2.30. The van der Waals surface area contributed by atoms with Crippen molar-refractivity contribution in [2.24, 2.45) is 0 Å². The van der Waals surface area contributed by atoms with Gasteiger partial charge in [0.2, 0.25) is 0 Å². The zero-order valence-electron chi connectivity index (χ0n) is 10.1. The Bertz CT molecular complexity index is 600. The second kappa shape index (κ2) is 4.07. The number of rotatable bonds is 1. The lowest BCUT2D eigenvalue weighted by atomic mass is 10.1. The van der Waals surface area contributed by atoms with E-state index in [0.717, 1.165) is 29.6 Å². The van der Waals surface area contributed by atoms with Gasteiger partial charge < -0.3 is 10.0 Å². The molecule has 3 rings (SSSR count). The maximum atomic E-state index is 10.0. The average molecular weight is 264 g/mol. The van der Waals surface area contributed by atoms with Gasteiger partial charge in [-0.05, 0) is 13.3 Å². The van der Waals surface area contributed by atoms with E-state index in [0.29, 0.717) is 11.7 Å². The van der Waals surface area contributed by atoms with Crippen molar-refractivity contribution in [2.45, 2.75) is 18.9 Å². The van der Waals surface area contributed by atoms with Crippen molar-refractivity contribution >= 4 is 28.2 Å². The van der Waals surface area contributed by atoms with Crippen molar-refractivity contribution < 1.29 is 5.11 Å². The predicted molar refractivity (Wildman–Crippen MR) is 72.0 cm³/mol. The third kappa shape index (κ3) is 1.91. The molecule has 0 aliphatic carbocycles. The highest BCUT2D eigenvalue weighted by Crippen LogP contribution is 2.32. The SMILES string of the molecule is CC1(O)CCN(c2nnc(Cl)c3ccccc23)C1. The lowest BCUT2D eigenvalue weighted by molar-refractivity contribution is 0.0839. The minimum atomic E-state index is -0.650. The quantitative estimate of drug-likeness (QED) is 0.857. The van der Waals surface area contributed by atoms with Gasteiger partial charge in [-0.25, -0.2) is 0 Å². The van der Waals surface area contributed by atoms with Crippen molar-refractivity contribution in [2.75, 3.05) is 18.0 Å². The monoisotopic (exact) mass is 263 g/mol. The van der Waals surface area contributed by atoms with Crippen LogP contribution in [0.2, 0.25) is 5.15 Å². The highest BCUT2D eigenvalue weighted by Gasteiger charge is 2.33. The highest BCUT2D eigenvalue weighted by molar-refractivity contribution is 6.34. The van der Waals surface area contributed by atoms with Crippen LogP contribution in [0.1, 0.15) is 13.3 Å². The maximum Gasteiger partial charge on any atom is 0.159 e. The van der Waals surface area contributed by atoms with Gasteiger partial charge in [0.25, 0.3) is 0 Å². The van der Waals surface area contributed by atoms with Gasteiger partial charge in [0.05, 0.1) is 5.60 Å². The Labute approximate surface area is 110 Å². The zero-order chi connectivity index (χ0) is 12.8. The normalized spacial score (nSPS) is 23.8. The second-order valence-corrected chi connectivity index (χ2v) is 5.39. The number of aliphatic hydroxyl groups is 1. The molecule has 1 N–H and O–H groups in total. The van der Waals surface area contributed by atoms with Gasteiger partial charge in [0.1, 0.15) is 0 Å². The molecule has 0 spiro atoms. The van der Waals surface area contributed by atoms with E-state index in [1.54, 1.807) is 0 Å². The number of halogens is 1. The van der Waals surface area contributed by atoms with Gasteiger partial charge in [0.15, 0.2) is 11.0 Å². The van der Waals surface area contributed by atoms with E-state index in [9.17, 15) is 5.11 Å². The van der Waals surface area contributed by atoms with Crippen LogP contribution < -0.4 is 4.90 Å². The Morgan fingerprint density at radius 2 is 2.00 bits per heavy atom. The summed E-state index contributed by atoms with van der Waals surface area (Å²) in [7, 11) is 0. The fourth-order valence-electron chi connectivity index (χ4n) is 2.42. The van der Waals surface area contributed by atoms with Crippen molar-refractivity contribution in [3.63, 3.8) is 0 Å². The molecule has 2 aromatic rings. The summed E-state index contributed by atoms with van der Waals surface area (Å²) in [6.07, 6.45) is 0.742. The van der Waals surface area contributed by atoms with Crippen LogP contribution in [0.4, 0.5) is 5.82 Å². The molecule has 1 atom stereocenters. The van der Waals surface area contributed by atoms with Gasteiger partial charge in [-0.1, -0.05) is 35.9 Å². The molecule has 1 unspecified atom stereocenters. The van der Waals surface area contributed by atoms with Crippen molar-refractivity contribution in [3.8, 4) is 0 Å². The Balaban J connectivity index is 2.11. The van der Waals surface area contributed by atoms with Crippen molar-refractivity contribution in [1.29, 1.82) is 0 Å². The predicted octanol–water partition coefficient (Wildman–Crippen LogP) is 2.24. The molecule has 5 heteroatoms. The first-order chi connectivity index (χ1) is 8.57. The molecule has 0 amide bonds. The molecule has 94 valence electrons. The molecule has 0 radical (unpaired) electrons. The molecule has 1 aliphatic rings. The van der Waals surface area contributed by atoms with E-state index >= 15 is 0 Å². The fraction of sp³-hybridized carbons (Fsp3) is 0.385. The van der Waals surface area contributed by atoms with E-state index in [2.05, 4.69) is 15.1 Å². The van der Waals surface area contributed by atoms with Gasteiger partial charge >= 0.3 is 0 Å². The first-order valence-electron chi connectivity index (χ1n) is 5.95. The number of anilines is 1. The molecule has 1 saturated heterocycles. The summed E-state index contributed by atoms with van der Waals surface area (Å²) in [5.41, 5.74) is -0.650. The van der Waals surface area contributed by atoms with E-state index in [-0.39, 0.29) is 0 Å². The summed E-state index contributed by atoms with van der Waals surface area (Å²) in [4.78, 5) is 2.06. The minimum absolute atomic E-state index is 0.417. The smallest absolute Gasteiger partial charge is 0.159 e. The molecule has 18 heavy (non-hydrogen) atoms. The largest absolute Gasteiger partial charge is 0.388 e. The summed E-state index contributed by atoms with van der Waals surface area (Å²) >= 11 is 6.05. The number of hydrogen-bond acceptors (Lipinski definition) is 4. The fourth-order valence-corrected chi connectivity index (χ4v) is 2.62. The van der Waals surface area contributed by atoms with Crippen LogP contribution >= 0.6 is 11.6 Å². The topological polar surface area (TPSA) is 49.2 Å². The molecular formula is C13H14ClN3O. The van der Waals surface area contributed by atoms with E-state index < -0.39 is 5.60 Å². The molecule has 1 fully saturated rings. The molecular weight excluding hydrogens is 250 g/mol. The Kier molecular flexibility index (Phi) is 2.64. The van der Waals surface area contributed by atoms with Gasteiger partial charge in [-0.15, -0.1) is 10.2 Å². The molecule has 2 heterocycles. The zero-order valence-corrected chi connectivity index (χ0v) is 10.9. The standard InChI is InChI=1S/C13H14ClN3O/c1-13(18)6-7-17(8-13)12-10-5-3-2-4-9(10)11(14)15-16-12/h2-5,18H,6-8H2,1H3. The van der Waals surface area contributed by atoms with E-state index in [4.69, 9.17) is 11.6 Å². The van der Waals surface area contributed by atoms with Crippen LogP contribution in [-0.2, 0) is 0 Å². The maximum absolute atomic E-state index is 10.0.